The molecule has 80 valence electrons. The summed E-state index contributed by atoms with van der Waals surface area (Å²) in [5.74, 6) is 0.549. The number of allylic oxidation sites excluding steroid dienone is 2. The van der Waals surface area contributed by atoms with Crippen molar-refractivity contribution in [2.24, 2.45) is 4.99 Å². The van der Waals surface area contributed by atoms with Gasteiger partial charge >= 0.3 is 0 Å². The molecular formula is C10H11BrClN3. The zero-order valence-electron chi connectivity index (χ0n) is 8.54. The third-order valence-corrected chi connectivity index (χ3v) is 2.31. The average molecular weight is 289 g/mol. The maximum absolute atomic E-state index is 5.67. The summed E-state index contributed by atoms with van der Waals surface area (Å²) in [6.07, 6.45) is 6.56. The van der Waals surface area contributed by atoms with Gasteiger partial charge in [-0.15, -0.1) is 0 Å². The average Bonchev–Trinajstić information content (AvgIpc) is 2.20. The molecule has 0 aromatic carbocycles. The number of aliphatic imine (C=N–C) groups is 1. The molecule has 0 radical (unpaired) electrons. The van der Waals surface area contributed by atoms with E-state index in [0.717, 1.165) is 16.6 Å². The first-order valence-corrected chi connectivity index (χ1v) is 5.70. The van der Waals surface area contributed by atoms with Gasteiger partial charge in [0.15, 0.2) is 5.82 Å². The molecule has 3 nitrogen and oxygen atoms in total. The van der Waals surface area contributed by atoms with Crippen LogP contribution < -0.4 is 0 Å². The summed E-state index contributed by atoms with van der Waals surface area (Å²) in [5.41, 5.74) is 0.882. The molecule has 0 fully saturated rings. The van der Waals surface area contributed by atoms with E-state index in [2.05, 4.69) is 37.8 Å². The van der Waals surface area contributed by atoms with Crippen LogP contribution in [-0.4, -0.2) is 15.7 Å². The summed E-state index contributed by atoms with van der Waals surface area (Å²) in [6, 6.07) is 0. The Kier molecular flexibility index (Phi) is 4.91. The second-order valence-electron chi connectivity index (χ2n) is 2.87. The minimum atomic E-state index is 0.198. The largest absolute Gasteiger partial charge is 0.233 e. The predicted octanol–water partition coefficient (Wildman–Crippen LogP) is 3.95. The van der Waals surface area contributed by atoms with E-state index in [4.69, 9.17) is 11.6 Å². The molecule has 15 heavy (non-hydrogen) atoms. The van der Waals surface area contributed by atoms with Gasteiger partial charge < -0.3 is 0 Å². The molecule has 0 aliphatic rings. The normalized spacial score (nSPS) is 12.4. The molecule has 0 spiro atoms. The number of nitrogens with zero attached hydrogens (tertiary/aromatic N) is 3. The van der Waals surface area contributed by atoms with Crippen molar-refractivity contribution in [3.63, 3.8) is 0 Å². The van der Waals surface area contributed by atoms with Crippen LogP contribution in [-0.2, 0) is 0 Å². The van der Waals surface area contributed by atoms with Gasteiger partial charge in [-0.2, -0.15) is 4.98 Å². The molecule has 0 saturated heterocycles. The molecule has 1 heterocycles. The van der Waals surface area contributed by atoms with Crippen molar-refractivity contribution >= 4 is 39.1 Å². The van der Waals surface area contributed by atoms with E-state index in [-0.39, 0.29) is 5.28 Å². The van der Waals surface area contributed by atoms with Crippen LogP contribution >= 0.6 is 27.5 Å². The van der Waals surface area contributed by atoms with Gasteiger partial charge in [0, 0.05) is 11.9 Å². The molecule has 0 saturated carbocycles. The third kappa shape index (κ3) is 4.10. The van der Waals surface area contributed by atoms with Crippen molar-refractivity contribution in [3.8, 4) is 0 Å². The van der Waals surface area contributed by atoms with Gasteiger partial charge in [-0.25, -0.2) is 9.98 Å². The fraction of sp³-hybridized carbons (Fsp3) is 0.300. The van der Waals surface area contributed by atoms with Gasteiger partial charge in [-0.05, 0) is 47.0 Å². The molecule has 0 atom stereocenters. The molecule has 0 amide bonds. The molecule has 5 heteroatoms. The highest BCUT2D eigenvalue weighted by Crippen LogP contribution is 2.23. The Bertz CT molecular complexity index is 402. The van der Waals surface area contributed by atoms with Crippen LogP contribution in [0.5, 0.6) is 0 Å². The molecule has 1 aromatic heterocycles. The lowest BCUT2D eigenvalue weighted by atomic mass is 10.3. The van der Waals surface area contributed by atoms with Crippen molar-refractivity contribution in [3.05, 3.63) is 28.1 Å². The highest BCUT2D eigenvalue weighted by atomic mass is 79.9. The van der Waals surface area contributed by atoms with Crippen LogP contribution in [0.4, 0.5) is 5.82 Å². The monoisotopic (exact) mass is 287 g/mol. The molecule has 0 N–H and O–H groups in total. The van der Waals surface area contributed by atoms with E-state index in [1.54, 1.807) is 6.20 Å². The Balaban J connectivity index is 2.96. The lowest BCUT2D eigenvalue weighted by Crippen LogP contribution is -1.87. The summed E-state index contributed by atoms with van der Waals surface area (Å²) in [6.45, 7) is 3.98. The van der Waals surface area contributed by atoms with E-state index in [1.165, 1.54) is 0 Å². The van der Waals surface area contributed by atoms with Crippen LogP contribution in [0, 0.1) is 0 Å². The molecule has 0 aliphatic heterocycles. The van der Waals surface area contributed by atoms with Gasteiger partial charge in [0.05, 0.1) is 4.47 Å². The Labute approximate surface area is 102 Å². The quantitative estimate of drug-likeness (QED) is 0.624. The summed E-state index contributed by atoms with van der Waals surface area (Å²) < 4.78 is 0.733. The van der Waals surface area contributed by atoms with Gasteiger partial charge in [0.25, 0.3) is 0 Å². The minimum Gasteiger partial charge on any atom is -0.233 e. The molecule has 1 aromatic rings. The molecular weight excluding hydrogens is 277 g/mol. The number of hydrogen-bond acceptors (Lipinski definition) is 3. The highest BCUT2D eigenvalue weighted by Gasteiger charge is 2.01. The van der Waals surface area contributed by atoms with Gasteiger partial charge in [-0.3, -0.25) is 0 Å². The Morgan fingerprint density at radius 3 is 3.07 bits per heavy atom. The van der Waals surface area contributed by atoms with Crippen LogP contribution in [0.15, 0.2) is 27.8 Å². The van der Waals surface area contributed by atoms with E-state index in [1.807, 2.05) is 19.1 Å². The standard InChI is InChI=1S/C10H11BrClN3/c1-3-4-5-7(2)14-9-8(11)6-13-10(12)15-9/h4-6H,3H2,1-2H3/b5-4-,14-7?. The van der Waals surface area contributed by atoms with Crippen molar-refractivity contribution in [2.45, 2.75) is 20.3 Å². The number of hydrogen-bond donors (Lipinski definition) is 0. The third-order valence-electron chi connectivity index (χ3n) is 1.57. The fourth-order valence-electron chi connectivity index (χ4n) is 0.908. The summed E-state index contributed by atoms with van der Waals surface area (Å²) >= 11 is 8.99. The second kappa shape index (κ2) is 5.98. The van der Waals surface area contributed by atoms with Crippen LogP contribution in [0.3, 0.4) is 0 Å². The number of aromatic nitrogens is 2. The summed E-state index contributed by atoms with van der Waals surface area (Å²) in [7, 11) is 0. The van der Waals surface area contributed by atoms with Crippen LogP contribution in [0.1, 0.15) is 20.3 Å². The second-order valence-corrected chi connectivity index (χ2v) is 4.07. The lowest BCUT2D eigenvalue weighted by molar-refractivity contribution is 1.13. The zero-order valence-corrected chi connectivity index (χ0v) is 10.9. The zero-order chi connectivity index (χ0) is 11.3. The van der Waals surface area contributed by atoms with Crippen LogP contribution in [0.25, 0.3) is 0 Å². The Morgan fingerprint density at radius 1 is 1.67 bits per heavy atom. The molecule has 1 rings (SSSR count). The Morgan fingerprint density at radius 2 is 2.40 bits per heavy atom. The molecule has 0 bridgehead atoms. The topological polar surface area (TPSA) is 38.1 Å². The van der Waals surface area contributed by atoms with E-state index in [9.17, 15) is 0 Å². The van der Waals surface area contributed by atoms with E-state index < -0.39 is 0 Å². The minimum absolute atomic E-state index is 0.198. The molecule has 0 aliphatic carbocycles. The SMILES string of the molecule is CC/C=C\C(C)=Nc1nc(Cl)ncc1Br. The summed E-state index contributed by atoms with van der Waals surface area (Å²) in [4.78, 5) is 12.1. The van der Waals surface area contributed by atoms with E-state index >= 15 is 0 Å². The van der Waals surface area contributed by atoms with Gasteiger partial charge in [0.1, 0.15) is 0 Å². The van der Waals surface area contributed by atoms with Crippen molar-refractivity contribution < 1.29 is 0 Å². The predicted molar refractivity (Wildman–Crippen MR) is 66.9 cm³/mol. The van der Waals surface area contributed by atoms with Crippen molar-refractivity contribution in [1.29, 1.82) is 0 Å². The Hall–Kier alpha value is -0.740. The van der Waals surface area contributed by atoms with Crippen molar-refractivity contribution in [1.82, 2.24) is 9.97 Å². The van der Waals surface area contributed by atoms with Crippen molar-refractivity contribution in [2.75, 3.05) is 0 Å². The van der Waals surface area contributed by atoms with Gasteiger partial charge in [-0.1, -0.05) is 13.0 Å². The molecule has 0 unspecified atom stereocenters. The van der Waals surface area contributed by atoms with Crippen LogP contribution in [0.2, 0.25) is 5.28 Å². The first-order chi connectivity index (χ1) is 7.13. The van der Waals surface area contributed by atoms with E-state index in [0.29, 0.717) is 5.82 Å². The number of halogens is 2. The summed E-state index contributed by atoms with van der Waals surface area (Å²) in [5, 5.41) is 0.198. The highest BCUT2D eigenvalue weighted by molar-refractivity contribution is 9.10. The fourth-order valence-corrected chi connectivity index (χ4v) is 1.32. The maximum atomic E-state index is 5.67. The smallest absolute Gasteiger partial charge is 0.224 e. The first kappa shape index (κ1) is 12.3. The first-order valence-electron chi connectivity index (χ1n) is 4.53. The number of rotatable bonds is 3. The lowest BCUT2D eigenvalue weighted by Gasteiger charge is -1.98. The maximum Gasteiger partial charge on any atom is 0.224 e. The van der Waals surface area contributed by atoms with Gasteiger partial charge in [0.2, 0.25) is 5.28 Å².